The van der Waals surface area contributed by atoms with Crippen molar-refractivity contribution >= 4 is 11.6 Å². The summed E-state index contributed by atoms with van der Waals surface area (Å²) >= 11 is 5.79. The molecule has 0 heterocycles. The van der Waals surface area contributed by atoms with Gasteiger partial charge in [-0.1, -0.05) is 48.0 Å². The van der Waals surface area contributed by atoms with Gasteiger partial charge >= 0.3 is 6.18 Å². The van der Waals surface area contributed by atoms with Crippen LogP contribution in [0, 0.1) is 11.8 Å². The van der Waals surface area contributed by atoms with E-state index in [9.17, 15) is 13.2 Å². The molecule has 0 aliphatic heterocycles. The lowest BCUT2D eigenvalue weighted by atomic mass is 9.82. The van der Waals surface area contributed by atoms with Crippen LogP contribution in [0.5, 0.6) is 0 Å². The van der Waals surface area contributed by atoms with E-state index in [0.717, 1.165) is 44.3 Å². The lowest BCUT2D eigenvalue weighted by Crippen LogP contribution is -2.32. The minimum atomic E-state index is -4.45. The Morgan fingerprint density at radius 3 is 2.14 bits per heavy atom. The molecule has 2 aromatic carbocycles. The maximum atomic E-state index is 13.2. The number of hydrogen-bond donors (Lipinski definition) is 1. The second-order valence-corrected chi connectivity index (χ2v) is 8.50. The van der Waals surface area contributed by atoms with E-state index >= 15 is 0 Å². The Kier molecular flexibility index (Phi) is 7.60. The molecule has 158 valence electrons. The van der Waals surface area contributed by atoms with Crippen LogP contribution in [0.25, 0.3) is 0 Å². The fraction of sp³-hybridized carbons (Fsp3) is 0.478. The van der Waals surface area contributed by atoms with Crippen LogP contribution in [0.2, 0.25) is 5.02 Å². The molecule has 2 nitrogen and oxygen atoms in total. The minimum Gasteiger partial charge on any atom is -0.330 e. The van der Waals surface area contributed by atoms with Crippen LogP contribution >= 0.6 is 11.6 Å². The lowest BCUT2D eigenvalue weighted by molar-refractivity contribution is -0.137. The van der Waals surface area contributed by atoms with Crippen molar-refractivity contribution < 1.29 is 13.2 Å². The largest absolute Gasteiger partial charge is 0.417 e. The Hall–Kier alpha value is -1.56. The van der Waals surface area contributed by atoms with Crippen LogP contribution in [0.4, 0.5) is 13.2 Å². The first-order valence-electron chi connectivity index (χ1n) is 10.2. The molecule has 2 aromatic rings. The molecular formula is C23H28ClF3N2. The van der Waals surface area contributed by atoms with Crippen LogP contribution in [0.15, 0.2) is 48.5 Å². The average Bonchev–Trinajstić information content (AvgIpc) is 2.70. The second-order valence-electron chi connectivity index (χ2n) is 8.09. The quantitative estimate of drug-likeness (QED) is 0.579. The summed E-state index contributed by atoms with van der Waals surface area (Å²) in [6, 6.07) is 14.3. The fourth-order valence-corrected chi connectivity index (χ4v) is 4.41. The predicted octanol–water partition coefficient (Wildman–Crippen LogP) is 6.13. The number of nitrogens with two attached hydrogens (primary N) is 1. The molecule has 1 fully saturated rings. The summed E-state index contributed by atoms with van der Waals surface area (Å²) in [5.74, 6) is 1.16. The normalized spacial score (nSPS) is 20.2. The number of halogens is 4. The summed E-state index contributed by atoms with van der Waals surface area (Å²) in [4.78, 5) is 2.26. The molecule has 1 aliphatic carbocycles. The van der Waals surface area contributed by atoms with Gasteiger partial charge in [0.2, 0.25) is 0 Å². The molecule has 1 saturated carbocycles. The van der Waals surface area contributed by atoms with Crippen molar-refractivity contribution in [1.82, 2.24) is 4.90 Å². The topological polar surface area (TPSA) is 29.3 Å². The predicted molar refractivity (Wildman–Crippen MR) is 112 cm³/mol. The molecule has 0 aromatic heterocycles. The molecule has 0 atom stereocenters. The summed E-state index contributed by atoms with van der Waals surface area (Å²) in [7, 11) is 0. The summed E-state index contributed by atoms with van der Waals surface area (Å²) in [6.45, 7) is 2.79. The zero-order valence-corrected chi connectivity index (χ0v) is 17.2. The molecule has 6 heteroatoms. The minimum absolute atomic E-state index is 0.254. The standard InChI is InChI=1S/C23H28ClF3N2/c24-22-11-10-20(12-21(22)23(25,26)27)16-29(14-18-4-2-1-3-5-18)15-19-8-6-17(13-28)7-9-19/h1-5,10-12,17,19H,6-9,13-16,28H2. The van der Waals surface area contributed by atoms with Gasteiger partial charge in [0.1, 0.15) is 0 Å². The molecule has 1 aliphatic rings. The number of nitrogens with zero attached hydrogens (tertiary/aromatic N) is 1. The van der Waals surface area contributed by atoms with E-state index < -0.39 is 11.7 Å². The zero-order chi connectivity index (χ0) is 20.9. The van der Waals surface area contributed by atoms with Crippen molar-refractivity contribution in [2.24, 2.45) is 17.6 Å². The van der Waals surface area contributed by atoms with Crippen LogP contribution in [-0.2, 0) is 19.3 Å². The summed E-state index contributed by atoms with van der Waals surface area (Å²) in [6.07, 6.45) is 0.0835. The van der Waals surface area contributed by atoms with Gasteiger partial charge in [0.15, 0.2) is 0 Å². The van der Waals surface area contributed by atoms with Crippen molar-refractivity contribution in [3.63, 3.8) is 0 Å². The number of hydrogen-bond acceptors (Lipinski definition) is 2. The second kappa shape index (κ2) is 9.96. The maximum Gasteiger partial charge on any atom is 0.417 e. The summed E-state index contributed by atoms with van der Waals surface area (Å²) < 4.78 is 39.7. The van der Waals surface area contributed by atoms with Gasteiger partial charge in [-0.2, -0.15) is 13.2 Å². The lowest BCUT2D eigenvalue weighted by Gasteiger charge is -2.32. The molecule has 29 heavy (non-hydrogen) atoms. The van der Waals surface area contributed by atoms with E-state index in [1.165, 1.54) is 12.1 Å². The summed E-state index contributed by atoms with van der Waals surface area (Å²) in [5, 5.41) is -0.254. The van der Waals surface area contributed by atoms with E-state index in [2.05, 4.69) is 17.0 Å². The van der Waals surface area contributed by atoms with Gasteiger partial charge < -0.3 is 5.73 Å². The zero-order valence-electron chi connectivity index (χ0n) is 16.5. The van der Waals surface area contributed by atoms with Crippen molar-refractivity contribution in [3.8, 4) is 0 Å². The maximum absolute atomic E-state index is 13.2. The van der Waals surface area contributed by atoms with E-state index in [1.807, 2.05) is 18.2 Å². The van der Waals surface area contributed by atoms with Crippen molar-refractivity contribution in [1.29, 1.82) is 0 Å². The molecular weight excluding hydrogens is 397 g/mol. The molecule has 0 bridgehead atoms. The van der Waals surface area contributed by atoms with E-state index in [4.69, 9.17) is 17.3 Å². The number of rotatable bonds is 7. The molecule has 0 saturated heterocycles. The Bertz CT molecular complexity index is 771. The number of benzene rings is 2. The number of alkyl halides is 3. The van der Waals surface area contributed by atoms with E-state index in [-0.39, 0.29) is 5.02 Å². The van der Waals surface area contributed by atoms with Crippen molar-refractivity contribution in [3.05, 3.63) is 70.2 Å². The highest BCUT2D eigenvalue weighted by molar-refractivity contribution is 6.31. The average molecular weight is 425 g/mol. The first-order chi connectivity index (χ1) is 13.8. The third-order valence-corrected chi connectivity index (χ3v) is 6.14. The monoisotopic (exact) mass is 424 g/mol. The van der Waals surface area contributed by atoms with Gasteiger partial charge in [-0.25, -0.2) is 0 Å². The molecule has 0 spiro atoms. The van der Waals surface area contributed by atoms with Gasteiger partial charge in [0.05, 0.1) is 10.6 Å². The third kappa shape index (κ3) is 6.46. The van der Waals surface area contributed by atoms with Gasteiger partial charge in [-0.05, 0) is 67.3 Å². The van der Waals surface area contributed by atoms with E-state index in [1.54, 1.807) is 6.07 Å². The Balaban J connectivity index is 1.74. The Labute approximate surface area is 175 Å². The van der Waals surface area contributed by atoms with Crippen molar-refractivity contribution in [2.45, 2.75) is 44.9 Å². The smallest absolute Gasteiger partial charge is 0.330 e. The Morgan fingerprint density at radius 2 is 1.52 bits per heavy atom. The SMILES string of the molecule is NCC1CCC(CN(Cc2ccccc2)Cc2ccc(Cl)c(C(F)(F)F)c2)CC1. The molecule has 0 unspecified atom stereocenters. The van der Waals surface area contributed by atoms with Crippen LogP contribution in [-0.4, -0.2) is 18.0 Å². The van der Waals surface area contributed by atoms with Gasteiger partial charge in [0, 0.05) is 19.6 Å². The summed E-state index contributed by atoms with van der Waals surface area (Å²) in [5.41, 5.74) is 6.83. The van der Waals surface area contributed by atoms with Gasteiger partial charge in [0.25, 0.3) is 0 Å². The van der Waals surface area contributed by atoms with Gasteiger partial charge in [-0.3, -0.25) is 4.90 Å². The van der Waals surface area contributed by atoms with Crippen LogP contribution in [0.1, 0.15) is 42.4 Å². The first-order valence-corrected chi connectivity index (χ1v) is 10.5. The Morgan fingerprint density at radius 1 is 0.897 bits per heavy atom. The van der Waals surface area contributed by atoms with Crippen LogP contribution < -0.4 is 5.73 Å². The van der Waals surface area contributed by atoms with Crippen molar-refractivity contribution in [2.75, 3.05) is 13.1 Å². The highest BCUT2D eigenvalue weighted by atomic mass is 35.5. The van der Waals surface area contributed by atoms with Gasteiger partial charge in [-0.15, -0.1) is 0 Å². The first kappa shape index (κ1) is 22.1. The molecule has 0 amide bonds. The molecule has 0 radical (unpaired) electrons. The molecule has 2 N–H and O–H groups in total. The van der Waals surface area contributed by atoms with E-state index in [0.29, 0.717) is 30.5 Å². The van der Waals surface area contributed by atoms with Crippen LogP contribution in [0.3, 0.4) is 0 Å². The third-order valence-electron chi connectivity index (χ3n) is 5.81. The highest BCUT2D eigenvalue weighted by Gasteiger charge is 2.33. The molecule has 3 rings (SSSR count). The fourth-order valence-electron chi connectivity index (χ4n) is 4.19. The highest BCUT2D eigenvalue weighted by Crippen LogP contribution is 2.35.